The van der Waals surface area contributed by atoms with Gasteiger partial charge in [-0.05, 0) is 12.3 Å². The first-order chi connectivity index (χ1) is 11.5. The van der Waals surface area contributed by atoms with Crippen LogP contribution >= 0.6 is 0 Å². The van der Waals surface area contributed by atoms with Crippen molar-refractivity contribution in [2.75, 3.05) is 52.4 Å². The van der Waals surface area contributed by atoms with E-state index >= 15 is 0 Å². The number of carbonyl (C=O) groups excluding carboxylic acids is 2. The molecule has 1 N–H and O–H groups in total. The van der Waals surface area contributed by atoms with Crippen LogP contribution in [0.3, 0.4) is 0 Å². The largest absolute Gasteiger partial charge is 0.374 e. The van der Waals surface area contributed by atoms with Crippen molar-refractivity contribution >= 4 is 11.9 Å². The maximum atomic E-state index is 12.2. The van der Waals surface area contributed by atoms with E-state index in [0.29, 0.717) is 32.0 Å². The van der Waals surface area contributed by atoms with Crippen molar-refractivity contribution in [1.82, 2.24) is 20.0 Å². The van der Waals surface area contributed by atoms with Gasteiger partial charge in [0.15, 0.2) is 0 Å². The quantitative estimate of drug-likeness (QED) is 0.786. The molecule has 136 valence electrons. The molecule has 24 heavy (non-hydrogen) atoms. The summed E-state index contributed by atoms with van der Waals surface area (Å²) in [6, 6.07) is 0.181. The van der Waals surface area contributed by atoms with Gasteiger partial charge in [-0.2, -0.15) is 0 Å². The fourth-order valence-electron chi connectivity index (χ4n) is 3.77. The summed E-state index contributed by atoms with van der Waals surface area (Å²) in [7, 11) is 0. The third-order valence-corrected chi connectivity index (χ3v) is 5.03. The molecule has 7 nitrogen and oxygen atoms in total. The Hall–Kier alpha value is -1.34. The van der Waals surface area contributed by atoms with E-state index in [0.717, 1.165) is 39.2 Å². The van der Waals surface area contributed by atoms with Crippen LogP contribution < -0.4 is 5.32 Å². The second kappa shape index (κ2) is 7.70. The smallest absolute Gasteiger partial charge is 0.317 e. The number of amides is 3. The summed E-state index contributed by atoms with van der Waals surface area (Å²) >= 11 is 0. The Kier molecular flexibility index (Phi) is 5.61. The minimum atomic E-state index is -0.0394. The summed E-state index contributed by atoms with van der Waals surface area (Å²) < 4.78 is 5.76. The van der Waals surface area contributed by atoms with Crippen LogP contribution in [0.25, 0.3) is 0 Å². The normalized spacial score (nSPS) is 26.1. The van der Waals surface area contributed by atoms with Crippen LogP contribution in [0.4, 0.5) is 4.79 Å². The van der Waals surface area contributed by atoms with Gasteiger partial charge in [0.25, 0.3) is 0 Å². The maximum absolute atomic E-state index is 12.2. The zero-order valence-corrected chi connectivity index (χ0v) is 14.9. The summed E-state index contributed by atoms with van der Waals surface area (Å²) in [4.78, 5) is 30.0. The van der Waals surface area contributed by atoms with E-state index in [1.54, 1.807) is 4.90 Å². The highest BCUT2D eigenvalue weighted by Crippen LogP contribution is 2.21. The summed E-state index contributed by atoms with van der Waals surface area (Å²) in [6.45, 7) is 10.8. The van der Waals surface area contributed by atoms with Crippen LogP contribution in [-0.4, -0.2) is 91.2 Å². The minimum Gasteiger partial charge on any atom is -0.374 e. The first-order valence-electron chi connectivity index (χ1n) is 9.19. The van der Waals surface area contributed by atoms with Crippen molar-refractivity contribution in [3.8, 4) is 0 Å². The first kappa shape index (κ1) is 17.5. The molecule has 0 aliphatic carbocycles. The molecule has 3 fully saturated rings. The molecule has 0 aromatic carbocycles. The molecule has 3 rings (SSSR count). The number of urea groups is 1. The number of nitrogens with zero attached hydrogens (tertiary/aromatic N) is 3. The van der Waals surface area contributed by atoms with Crippen molar-refractivity contribution in [1.29, 1.82) is 0 Å². The molecule has 3 saturated heterocycles. The molecule has 0 aromatic rings. The number of rotatable bonds is 5. The molecule has 3 heterocycles. The molecule has 1 atom stereocenters. The fourth-order valence-corrected chi connectivity index (χ4v) is 3.77. The van der Waals surface area contributed by atoms with Gasteiger partial charge < -0.3 is 19.9 Å². The average molecular weight is 338 g/mol. The summed E-state index contributed by atoms with van der Waals surface area (Å²) in [5.41, 5.74) is 0. The lowest BCUT2D eigenvalue weighted by Crippen LogP contribution is -2.63. The van der Waals surface area contributed by atoms with E-state index in [9.17, 15) is 9.59 Å². The molecule has 7 heteroatoms. The Labute approximate surface area is 144 Å². The first-order valence-corrected chi connectivity index (χ1v) is 9.19. The van der Waals surface area contributed by atoms with Crippen LogP contribution in [0.2, 0.25) is 0 Å². The van der Waals surface area contributed by atoms with Gasteiger partial charge in [0.05, 0.1) is 18.8 Å². The molecule has 1 unspecified atom stereocenters. The maximum Gasteiger partial charge on any atom is 0.317 e. The number of morpholine rings is 1. The van der Waals surface area contributed by atoms with Gasteiger partial charge >= 0.3 is 6.03 Å². The third-order valence-electron chi connectivity index (χ3n) is 5.03. The summed E-state index contributed by atoms with van der Waals surface area (Å²) in [5, 5.41) is 2.98. The summed E-state index contributed by atoms with van der Waals surface area (Å²) in [6.07, 6.45) is 1.68. The molecule has 0 aromatic heterocycles. The summed E-state index contributed by atoms with van der Waals surface area (Å²) in [5.74, 6) is 0.880. The van der Waals surface area contributed by atoms with Crippen molar-refractivity contribution in [2.24, 2.45) is 5.92 Å². The van der Waals surface area contributed by atoms with Gasteiger partial charge in [0, 0.05) is 52.2 Å². The Morgan fingerprint density at radius 3 is 2.75 bits per heavy atom. The van der Waals surface area contributed by atoms with E-state index < -0.39 is 0 Å². The third kappa shape index (κ3) is 4.19. The lowest BCUT2D eigenvalue weighted by Gasteiger charge is -2.44. The van der Waals surface area contributed by atoms with Crippen LogP contribution in [0, 0.1) is 5.92 Å². The topological polar surface area (TPSA) is 65.1 Å². The van der Waals surface area contributed by atoms with Crippen LogP contribution in [-0.2, 0) is 9.53 Å². The van der Waals surface area contributed by atoms with Crippen LogP contribution in [0.1, 0.15) is 26.7 Å². The number of ether oxygens (including phenoxy) is 1. The second-order valence-corrected chi connectivity index (χ2v) is 7.58. The Morgan fingerprint density at radius 1 is 1.29 bits per heavy atom. The lowest BCUT2D eigenvalue weighted by atomic mass is 10.1. The molecular weight excluding hydrogens is 308 g/mol. The van der Waals surface area contributed by atoms with Gasteiger partial charge in [0.2, 0.25) is 5.91 Å². The Bertz CT molecular complexity index is 465. The highest BCUT2D eigenvalue weighted by molar-refractivity contribution is 5.80. The van der Waals surface area contributed by atoms with Gasteiger partial charge in [-0.25, -0.2) is 4.79 Å². The molecule has 0 radical (unpaired) electrons. The van der Waals surface area contributed by atoms with Gasteiger partial charge in [-0.15, -0.1) is 0 Å². The van der Waals surface area contributed by atoms with E-state index in [1.165, 1.54) is 0 Å². The van der Waals surface area contributed by atoms with Gasteiger partial charge in [-0.1, -0.05) is 13.8 Å². The highest BCUT2D eigenvalue weighted by atomic mass is 16.5. The average Bonchev–Trinajstić information content (AvgIpc) is 2.89. The number of nitrogens with one attached hydrogen (secondary N) is 1. The van der Waals surface area contributed by atoms with E-state index in [4.69, 9.17) is 4.74 Å². The predicted molar refractivity (Wildman–Crippen MR) is 90.7 cm³/mol. The van der Waals surface area contributed by atoms with E-state index in [-0.39, 0.29) is 24.1 Å². The molecule has 0 spiro atoms. The monoisotopic (exact) mass is 338 g/mol. The number of hydrogen-bond donors (Lipinski definition) is 1. The molecule has 3 aliphatic rings. The fraction of sp³-hybridized carbons (Fsp3) is 0.882. The lowest BCUT2D eigenvalue weighted by molar-refractivity contribution is -0.132. The predicted octanol–water partition coefficient (Wildman–Crippen LogP) is 0.359. The molecule has 3 amide bonds. The zero-order chi connectivity index (χ0) is 17.1. The molecule has 3 aliphatic heterocycles. The molecular formula is C17H30N4O3. The van der Waals surface area contributed by atoms with E-state index in [2.05, 4.69) is 24.1 Å². The van der Waals surface area contributed by atoms with Crippen molar-refractivity contribution in [3.63, 3.8) is 0 Å². The van der Waals surface area contributed by atoms with Crippen molar-refractivity contribution < 1.29 is 14.3 Å². The number of likely N-dealkylation sites (tertiary alicyclic amines) is 2. The standard InChI is InChI=1S/C17H30N4O3/c1-13(2)9-19-6-7-24-15(12-19)8-18-17(23)20-10-14(11-20)21-5-3-4-16(21)22/h13-15H,3-12H2,1-2H3,(H,18,23). The Balaban J connectivity index is 1.35. The Morgan fingerprint density at radius 2 is 2.08 bits per heavy atom. The zero-order valence-electron chi connectivity index (χ0n) is 14.9. The SMILES string of the molecule is CC(C)CN1CCOC(CNC(=O)N2CC(N3CCCC3=O)C2)C1. The van der Waals surface area contributed by atoms with Crippen molar-refractivity contribution in [2.45, 2.75) is 38.8 Å². The van der Waals surface area contributed by atoms with Crippen LogP contribution in [0.15, 0.2) is 0 Å². The minimum absolute atomic E-state index is 0.0394. The highest BCUT2D eigenvalue weighted by Gasteiger charge is 2.38. The second-order valence-electron chi connectivity index (χ2n) is 7.58. The molecule has 0 saturated carbocycles. The number of hydrogen-bond acceptors (Lipinski definition) is 4. The molecule has 0 bridgehead atoms. The van der Waals surface area contributed by atoms with Gasteiger partial charge in [0.1, 0.15) is 0 Å². The number of carbonyl (C=O) groups is 2. The van der Waals surface area contributed by atoms with Crippen molar-refractivity contribution in [3.05, 3.63) is 0 Å². The van der Waals surface area contributed by atoms with Gasteiger partial charge in [-0.3, -0.25) is 9.69 Å². The van der Waals surface area contributed by atoms with E-state index in [1.807, 2.05) is 4.90 Å². The van der Waals surface area contributed by atoms with Crippen LogP contribution in [0.5, 0.6) is 0 Å².